The van der Waals surface area contributed by atoms with Crippen molar-refractivity contribution in [1.29, 1.82) is 0 Å². The van der Waals surface area contributed by atoms with Crippen molar-refractivity contribution in [3.05, 3.63) is 60.2 Å². The standard InChI is InChI=1S/C20H27N3O2/c1-16(13-14-25-3)21-20(24)22-18-11-7-8-12-19(18)23(2)15-17-9-5-4-6-10-17/h4-12,16H,13-15H2,1-3H3,(H2,21,22,24). The number of hydrogen-bond acceptors (Lipinski definition) is 3. The van der Waals surface area contributed by atoms with Crippen LogP contribution in [0.5, 0.6) is 0 Å². The number of nitrogens with one attached hydrogen (secondary N) is 2. The van der Waals surface area contributed by atoms with E-state index in [2.05, 4.69) is 27.7 Å². The third kappa shape index (κ3) is 6.12. The maximum Gasteiger partial charge on any atom is 0.319 e. The van der Waals surface area contributed by atoms with Gasteiger partial charge in [-0.05, 0) is 31.0 Å². The Morgan fingerprint density at radius 2 is 1.80 bits per heavy atom. The highest BCUT2D eigenvalue weighted by molar-refractivity contribution is 5.93. The summed E-state index contributed by atoms with van der Waals surface area (Å²) >= 11 is 0. The number of benzene rings is 2. The van der Waals surface area contributed by atoms with E-state index in [4.69, 9.17) is 4.74 Å². The maximum atomic E-state index is 12.2. The normalized spacial score (nSPS) is 11.6. The summed E-state index contributed by atoms with van der Waals surface area (Å²) < 4.78 is 5.04. The summed E-state index contributed by atoms with van der Waals surface area (Å²) in [7, 11) is 3.68. The molecule has 0 aliphatic carbocycles. The number of amides is 2. The van der Waals surface area contributed by atoms with Gasteiger partial charge in [0.25, 0.3) is 0 Å². The lowest BCUT2D eigenvalue weighted by Crippen LogP contribution is -2.37. The minimum Gasteiger partial charge on any atom is -0.385 e. The molecule has 2 aromatic rings. The lowest BCUT2D eigenvalue weighted by molar-refractivity contribution is 0.185. The number of rotatable bonds is 8. The highest BCUT2D eigenvalue weighted by atomic mass is 16.5. The fourth-order valence-electron chi connectivity index (χ4n) is 2.60. The Morgan fingerprint density at radius 3 is 2.52 bits per heavy atom. The van der Waals surface area contributed by atoms with Crippen LogP contribution in [0.3, 0.4) is 0 Å². The van der Waals surface area contributed by atoms with Crippen LogP contribution in [0.15, 0.2) is 54.6 Å². The van der Waals surface area contributed by atoms with E-state index in [9.17, 15) is 4.79 Å². The van der Waals surface area contributed by atoms with Gasteiger partial charge in [0.15, 0.2) is 0 Å². The van der Waals surface area contributed by atoms with Crippen molar-refractivity contribution in [1.82, 2.24) is 5.32 Å². The molecule has 0 bridgehead atoms. The number of ether oxygens (including phenoxy) is 1. The van der Waals surface area contributed by atoms with Crippen molar-refractivity contribution in [2.75, 3.05) is 31.0 Å². The quantitative estimate of drug-likeness (QED) is 0.766. The second kappa shape index (κ2) is 9.69. The average molecular weight is 341 g/mol. The first-order valence-electron chi connectivity index (χ1n) is 8.50. The molecule has 2 N–H and O–H groups in total. The molecule has 5 nitrogen and oxygen atoms in total. The van der Waals surface area contributed by atoms with Crippen LogP contribution >= 0.6 is 0 Å². The zero-order valence-corrected chi connectivity index (χ0v) is 15.2. The summed E-state index contributed by atoms with van der Waals surface area (Å²) in [5, 5.41) is 5.88. The first-order chi connectivity index (χ1) is 12.1. The van der Waals surface area contributed by atoms with Crippen LogP contribution in [0.2, 0.25) is 0 Å². The molecular weight excluding hydrogens is 314 g/mol. The molecule has 0 saturated carbocycles. The Kier molecular flexibility index (Phi) is 7.29. The van der Waals surface area contributed by atoms with Crippen LogP contribution in [0.25, 0.3) is 0 Å². The van der Waals surface area contributed by atoms with Crippen molar-refractivity contribution < 1.29 is 9.53 Å². The zero-order valence-electron chi connectivity index (χ0n) is 15.2. The van der Waals surface area contributed by atoms with E-state index in [1.54, 1.807) is 7.11 Å². The molecule has 1 atom stereocenters. The number of hydrogen-bond donors (Lipinski definition) is 2. The van der Waals surface area contributed by atoms with Crippen LogP contribution in [-0.4, -0.2) is 32.8 Å². The second-order valence-electron chi connectivity index (χ2n) is 6.14. The van der Waals surface area contributed by atoms with Gasteiger partial charge < -0.3 is 20.3 Å². The highest BCUT2D eigenvalue weighted by Gasteiger charge is 2.12. The first-order valence-corrected chi connectivity index (χ1v) is 8.50. The number of anilines is 2. The molecule has 0 spiro atoms. The first kappa shape index (κ1) is 18.8. The summed E-state index contributed by atoms with van der Waals surface area (Å²) in [6.45, 7) is 3.36. The van der Waals surface area contributed by atoms with E-state index >= 15 is 0 Å². The highest BCUT2D eigenvalue weighted by Crippen LogP contribution is 2.25. The van der Waals surface area contributed by atoms with Gasteiger partial charge in [-0.3, -0.25) is 0 Å². The summed E-state index contributed by atoms with van der Waals surface area (Å²) in [5.74, 6) is 0. The molecule has 134 valence electrons. The van der Waals surface area contributed by atoms with Crippen LogP contribution < -0.4 is 15.5 Å². The molecule has 25 heavy (non-hydrogen) atoms. The fraction of sp³-hybridized carbons (Fsp3) is 0.350. The minimum absolute atomic E-state index is 0.0501. The molecule has 0 saturated heterocycles. The summed E-state index contributed by atoms with van der Waals surface area (Å²) in [6.07, 6.45) is 0.777. The molecule has 0 aromatic heterocycles. The van der Waals surface area contributed by atoms with Gasteiger partial charge in [0.05, 0.1) is 11.4 Å². The van der Waals surface area contributed by atoms with Crippen LogP contribution in [0.4, 0.5) is 16.2 Å². The summed E-state index contributed by atoms with van der Waals surface area (Å²) in [6, 6.07) is 17.9. The van der Waals surface area contributed by atoms with Crippen molar-refractivity contribution in [2.45, 2.75) is 25.9 Å². The number of methoxy groups -OCH3 is 1. The SMILES string of the molecule is COCCC(C)NC(=O)Nc1ccccc1N(C)Cc1ccccc1. The number of urea groups is 1. The van der Waals surface area contributed by atoms with Gasteiger partial charge in [0.2, 0.25) is 0 Å². The Hall–Kier alpha value is -2.53. The molecule has 0 aliphatic rings. The molecule has 2 rings (SSSR count). The van der Waals surface area contributed by atoms with Gasteiger partial charge >= 0.3 is 6.03 Å². The molecule has 0 radical (unpaired) electrons. The number of para-hydroxylation sites is 2. The molecule has 0 heterocycles. The van der Waals surface area contributed by atoms with Gasteiger partial charge in [-0.1, -0.05) is 42.5 Å². The van der Waals surface area contributed by atoms with Crippen molar-refractivity contribution in [3.8, 4) is 0 Å². The Labute approximate surface area is 150 Å². The Morgan fingerprint density at radius 1 is 1.12 bits per heavy atom. The van der Waals surface area contributed by atoms with Crippen molar-refractivity contribution in [2.24, 2.45) is 0 Å². The molecule has 0 fully saturated rings. The molecule has 5 heteroatoms. The number of carbonyl (C=O) groups is 1. The van der Waals surface area contributed by atoms with E-state index in [1.165, 1.54) is 5.56 Å². The van der Waals surface area contributed by atoms with Gasteiger partial charge in [-0.15, -0.1) is 0 Å². The molecule has 2 amide bonds. The predicted octanol–water partition coefficient (Wildman–Crippen LogP) is 3.87. The molecular formula is C20H27N3O2. The average Bonchev–Trinajstić information content (AvgIpc) is 2.61. The minimum atomic E-state index is -0.204. The smallest absolute Gasteiger partial charge is 0.319 e. The molecule has 0 aliphatic heterocycles. The number of carbonyl (C=O) groups excluding carboxylic acids is 1. The fourth-order valence-corrected chi connectivity index (χ4v) is 2.60. The van der Waals surface area contributed by atoms with Crippen molar-refractivity contribution in [3.63, 3.8) is 0 Å². The second-order valence-corrected chi connectivity index (χ2v) is 6.14. The third-order valence-electron chi connectivity index (χ3n) is 3.96. The van der Waals surface area contributed by atoms with Gasteiger partial charge in [0, 0.05) is 33.4 Å². The van der Waals surface area contributed by atoms with E-state index in [1.807, 2.05) is 56.4 Å². The lowest BCUT2D eigenvalue weighted by atomic mass is 10.2. The van der Waals surface area contributed by atoms with E-state index < -0.39 is 0 Å². The van der Waals surface area contributed by atoms with Crippen LogP contribution in [-0.2, 0) is 11.3 Å². The van der Waals surface area contributed by atoms with Crippen LogP contribution in [0.1, 0.15) is 18.9 Å². The zero-order chi connectivity index (χ0) is 18.1. The molecule has 1 unspecified atom stereocenters. The van der Waals surface area contributed by atoms with Gasteiger partial charge in [0.1, 0.15) is 0 Å². The van der Waals surface area contributed by atoms with E-state index in [0.29, 0.717) is 6.61 Å². The van der Waals surface area contributed by atoms with Gasteiger partial charge in [-0.25, -0.2) is 4.79 Å². The predicted molar refractivity (Wildman–Crippen MR) is 103 cm³/mol. The largest absolute Gasteiger partial charge is 0.385 e. The molecule has 2 aromatic carbocycles. The number of nitrogens with zero attached hydrogens (tertiary/aromatic N) is 1. The lowest BCUT2D eigenvalue weighted by Gasteiger charge is -2.23. The summed E-state index contributed by atoms with van der Waals surface area (Å²) in [4.78, 5) is 14.4. The van der Waals surface area contributed by atoms with E-state index in [0.717, 1.165) is 24.3 Å². The van der Waals surface area contributed by atoms with Crippen molar-refractivity contribution >= 4 is 17.4 Å². The van der Waals surface area contributed by atoms with Crippen LogP contribution in [0, 0.1) is 0 Å². The Balaban J connectivity index is 2.01. The van der Waals surface area contributed by atoms with Gasteiger partial charge in [-0.2, -0.15) is 0 Å². The third-order valence-corrected chi connectivity index (χ3v) is 3.96. The summed E-state index contributed by atoms with van der Waals surface area (Å²) in [5.41, 5.74) is 2.99. The Bertz CT molecular complexity index is 661. The van der Waals surface area contributed by atoms with E-state index in [-0.39, 0.29) is 12.1 Å². The monoisotopic (exact) mass is 341 g/mol. The topological polar surface area (TPSA) is 53.6 Å². The maximum absolute atomic E-state index is 12.2.